The van der Waals surface area contributed by atoms with E-state index in [9.17, 15) is 18.4 Å². The molecule has 2 aromatic carbocycles. The number of fused-ring (bicyclic) bond motifs is 2. The van der Waals surface area contributed by atoms with Gasteiger partial charge in [0.05, 0.1) is 22.0 Å². The summed E-state index contributed by atoms with van der Waals surface area (Å²) in [6.45, 7) is 6.14. The van der Waals surface area contributed by atoms with Crippen LogP contribution in [0.4, 0.5) is 8.78 Å². The summed E-state index contributed by atoms with van der Waals surface area (Å²) in [5.41, 5.74) is 1.88. The number of piperazine rings is 1. The molecule has 2 N–H and O–H groups in total. The average Bonchev–Trinajstić information content (AvgIpc) is 3.52. The SMILES string of the molecule is C=C/C=N\C1=C[C@@]2(Cc3cc4cc(CN5C(=O)C6(CCCCC6)NCC5(C)c5cc(F)cc(F)c5)cnc4cc3C2)C(=O)N1. The molecule has 0 radical (unpaired) electrons. The number of aliphatic imine (C=N–C) groups is 1. The first kappa shape index (κ1) is 28.5. The van der Waals surface area contributed by atoms with Crippen LogP contribution in [-0.2, 0) is 34.5 Å². The lowest BCUT2D eigenvalue weighted by Crippen LogP contribution is -2.71. The van der Waals surface area contributed by atoms with Gasteiger partial charge in [0.2, 0.25) is 11.8 Å². The maximum atomic E-state index is 14.4. The van der Waals surface area contributed by atoms with Crippen molar-refractivity contribution in [2.45, 2.75) is 69.5 Å². The number of hydrogen-bond acceptors (Lipinski definition) is 5. The van der Waals surface area contributed by atoms with Crippen LogP contribution in [0.2, 0.25) is 0 Å². The van der Waals surface area contributed by atoms with E-state index in [1.165, 1.54) is 12.1 Å². The first-order chi connectivity index (χ1) is 21.1. The molecule has 2 spiro atoms. The lowest BCUT2D eigenvalue weighted by Gasteiger charge is -2.54. The van der Waals surface area contributed by atoms with E-state index in [2.05, 4.69) is 28.3 Å². The van der Waals surface area contributed by atoms with Crippen molar-refractivity contribution in [1.82, 2.24) is 20.5 Å². The second-order valence-electron chi connectivity index (χ2n) is 13.0. The molecule has 226 valence electrons. The molecule has 2 fully saturated rings. The summed E-state index contributed by atoms with van der Waals surface area (Å²) in [6.07, 6.45) is 12.4. The number of allylic oxidation sites excluding steroid dienone is 1. The standard InChI is InChI=1S/C35H35F2N5O2/c1-3-9-38-30-18-34(31(43)41-30)16-24-11-23-10-22(19-39-29(23)12-25(24)17-34)20-42-32(44)35(7-5-4-6-8-35)40-21-33(42,2)26-13-27(36)15-28(37)14-26/h3,9-15,18-19,40H,1,4-8,16-17,20-21H2,2H3,(H,41,43)/b38-9-/t33?,34-/m0/s1. The molecule has 7 rings (SSSR count). The van der Waals surface area contributed by atoms with Crippen molar-refractivity contribution in [2.75, 3.05) is 6.54 Å². The van der Waals surface area contributed by atoms with E-state index in [4.69, 9.17) is 4.98 Å². The van der Waals surface area contributed by atoms with Gasteiger partial charge in [-0.1, -0.05) is 31.9 Å². The highest BCUT2D eigenvalue weighted by Gasteiger charge is 2.52. The fourth-order valence-corrected chi connectivity index (χ4v) is 7.63. The molecule has 3 aromatic rings. The number of benzene rings is 2. The number of aromatic nitrogens is 1. The molecule has 1 saturated carbocycles. The second-order valence-corrected chi connectivity index (χ2v) is 13.0. The van der Waals surface area contributed by atoms with Crippen LogP contribution in [0.25, 0.3) is 10.9 Å². The third-order valence-corrected chi connectivity index (χ3v) is 10.1. The minimum absolute atomic E-state index is 0.0411. The Bertz CT molecular complexity index is 1760. The molecule has 1 unspecified atom stereocenters. The number of halogens is 2. The van der Waals surface area contributed by atoms with Crippen molar-refractivity contribution in [3.8, 4) is 0 Å². The van der Waals surface area contributed by atoms with Gasteiger partial charge in [-0.15, -0.1) is 0 Å². The van der Waals surface area contributed by atoms with Crippen LogP contribution in [0.5, 0.6) is 0 Å². The molecule has 2 aliphatic heterocycles. The fraction of sp³-hybridized carbons (Fsp3) is 0.371. The molecule has 4 aliphatic rings. The minimum Gasteiger partial charge on any atom is -0.326 e. The Morgan fingerprint density at radius 1 is 1.02 bits per heavy atom. The maximum absolute atomic E-state index is 14.4. The van der Waals surface area contributed by atoms with E-state index in [1.54, 1.807) is 23.4 Å². The number of carbonyl (C=O) groups is 2. The first-order valence-electron chi connectivity index (χ1n) is 15.3. The Labute approximate surface area is 255 Å². The maximum Gasteiger partial charge on any atom is 0.243 e. The Morgan fingerprint density at radius 3 is 2.48 bits per heavy atom. The lowest BCUT2D eigenvalue weighted by atomic mass is 9.75. The zero-order chi connectivity index (χ0) is 30.7. The molecule has 44 heavy (non-hydrogen) atoms. The summed E-state index contributed by atoms with van der Waals surface area (Å²) < 4.78 is 28.9. The van der Waals surface area contributed by atoms with Crippen LogP contribution < -0.4 is 10.6 Å². The van der Waals surface area contributed by atoms with Gasteiger partial charge in [0, 0.05) is 37.0 Å². The van der Waals surface area contributed by atoms with Crippen molar-refractivity contribution in [3.05, 3.63) is 101 Å². The highest BCUT2D eigenvalue weighted by Crippen LogP contribution is 2.44. The summed E-state index contributed by atoms with van der Waals surface area (Å²) in [5.74, 6) is -0.914. The van der Waals surface area contributed by atoms with Crippen LogP contribution in [-0.4, -0.2) is 40.0 Å². The zero-order valence-corrected chi connectivity index (χ0v) is 24.8. The van der Waals surface area contributed by atoms with Crippen molar-refractivity contribution >= 4 is 28.9 Å². The predicted molar refractivity (Wildman–Crippen MR) is 165 cm³/mol. The Hall–Kier alpha value is -4.24. The molecule has 3 heterocycles. The number of nitrogens with one attached hydrogen (secondary N) is 2. The van der Waals surface area contributed by atoms with Gasteiger partial charge in [0.15, 0.2) is 0 Å². The van der Waals surface area contributed by atoms with Crippen LogP contribution in [0.3, 0.4) is 0 Å². The van der Waals surface area contributed by atoms with E-state index < -0.39 is 28.1 Å². The number of amides is 2. The van der Waals surface area contributed by atoms with Gasteiger partial charge in [0.1, 0.15) is 17.5 Å². The van der Waals surface area contributed by atoms with Crippen LogP contribution in [0.15, 0.2) is 72.1 Å². The van der Waals surface area contributed by atoms with E-state index >= 15 is 0 Å². The van der Waals surface area contributed by atoms with Gasteiger partial charge in [-0.05, 0) is 91.3 Å². The third kappa shape index (κ3) is 4.65. The smallest absolute Gasteiger partial charge is 0.243 e. The fourth-order valence-electron chi connectivity index (χ4n) is 7.63. The number of hydrogen-bond donors (Lipinski definition) is 2. The second kappa shape index (κ2) is 10.4. The van der Waals surface area contributed by atoms with Crippen molar-refractivity contribution < 1.29 is 18.4 Å². The molecular formula is C35H35F2N5O2. The summed E-state index contributed by atoms with van der Waals surface area (Å²) in [5, 5.41) is 7.32. The summed E-state index contributed by atoms with van der Waals surface area (Å²) in [6, 6.07) is 9.67. The van der Waals surface area contributed by atoms with Gasteiger partial charge in [0.25, 0.3) is 0 Å². The van der Waals surface area contributed by atoms with E-state index in [0.717, 1.165) is 65.8 Å². The van der Waals surface area contributed by atoms with Gasteiger partial charge in [-0.3, -0.25) is 14.6 Å². The summed E-state index contributed by atoms with van der Waals surface area (Å²) in [7, 11) is 0. The highest BCUT2D eigenvalue weighted by molar-refractivity contribution is 5.92. The van der Waals surface area contributed by atoms with Gasteiger partial charge >= 0.3 is 0 Å². The van der Waals surface area contributed by atoms with Crippen molar-refractivity contribution in [2.24, 2.45) is 10.4 Å². The molecular weight excluding hydrogens is 560 g/mol. The monoisotopic (exact) mass is 595 g/mol. The quantitative estimate of drug-likeness (QED) is 0.388. The van der Waals surface area contributed by atoms with Crippen molar-refractivity contribution in [3.63, 3.8) is 0 Å². The normalized spacial score (nSPS) is 26.1. The third-order valence-electron chi connectivity index (χ3n) is 10.1. The number of rotatable bonds is 5. The van der Waals surface area contributed by atoms with E-state index in [0.29, 0.717) is 30.8 Å². The number of carbonyl (C=O) groups excluding carboxylic acids is 2. The topological polar surface area (TPSA) is 86.7 Å². The summed E-state index contributed by atoms with van der Waals surface area (Å²) in [4.78, 5) is 38.2. The van der Waals surface area contributed by atoms with Crippen molar-refractivity contribution in [1.29, 1.82) is 0 Å². The Kier molecular flexibility index (Phi) is 6.77. The summed E-state index contributed by atoms with van der Waals surface area (Å²) >= 11 is 0. The van der Waals surface area contributed by atoms with Gasteiger partial charge < -0.3 is 15.5 Å². The molecule has 1 saturated heterocycles. The van der Waals surface area contributed by atoms with Gasteiger partial charge in [-0.2, -0.15) is 0 Å². The average molecular weight is 596 g/mol. The molecule has 1 aromatic heterocycles. The Balaban J connectivity index is 1.23. The largest absolute Gasteiger partial charge is 0.326 e. The molecule has 0 bridgehead atoms. The molecule has 2 atom stereocenters. The molecule has 2 amide bonds. The van der Waals surface area contributed by atoms with Crippen LogP contribution in [0, 0.1) is 17.0 Å². The highest BCUT2D eigenvalue weighted by atomic mass is 19.1. The van der Waals surface area contributed by atoms with Crippen LogP contribution in [0.1, 0.15) is 61.3 Å². The number of pyridine rings is 1. The van der Waals surface area contributed by atoms with Crippen LogP contribution >= 0.6 is 0 Å². The molecule has 2 aliphatic carbocycles. The molecule has 9 heteroatoms. The lowest BCUT2D eigenvalue weighted by molar-refractivity contribution is -0.154. The first-order valence-corrected chi connectivity index (χ1v) is 15.3. The Morgan fingerprint density at radius 2 is 1.75 bits per heavy atom. The van der Waals surface area contributed by atoms with Gasteiger partial charge in [-0.25, -0.2) is 13.8 Å². The predicted octanol–water partition coefficient (Wildman–Crippen LogP) is 5.38. The minimum atomic E-state index is -0.976. The van der Waals surface area contributed by atoms with E-state index in [-0.39, 0.29) is 18.4 Å². The van der Waals surface area contributed by atoms with E-state index in [1.807, 2.05) is 25.1 Å². The number of nitrogens with zero attached hydrogens (tertiary/aromatic N) is 3. The molecule has 7 nitrogen and oxygen atoms in total. The zero-order valence-electron chi connectivity index (χ0n) is 24.8.